The molecule has 27 heavy (non-hydrogen) atoms. The summed E-state index contributed by atoms with van der Waals surface area (Å²) in [5.74, 6) is 0.609. The lowest BCUT2D eigenvalue weighted by molar-refractivity contribution is 0.0335. The van der Waals surface area contributed by atoms with Gasteiger partial charge in [0, 0.05) is 31.8 Å². The molecule has 1 fully saturated rings. The maximum atomic E-state index is 5.80. The van der Waals surface area contributed by atoms with Crippen molar-refractivity contribution in [3.05, 3.63) is 17.0 Å². The van der Waals surface area contributed by atoms with Crippen LogP contribution < -0.4 is 5.32 Å². The Morgan fingerprint density at radius 3 is 2.85 bits per heavy atom. The van der Waals surface area contributed by atoms with E-state index in [-0.39, 0.29) is 0 Å². The third kappa shape index (κ3) is 5.11. The summed E-state index contributed by atoms with van der Waals surface area (Å²) in [7, 11) is 4.20. The molecule has 1 aliphatic heterocycles. The van der Waals surface area contributed by atoms with Crippen LogP contribution >= 0.6 is 0 Å². The Morgan fingerprint density at radius 1 is 1.37 bits per heavy atom. The van der Waals surface area contributed by atoms with Crippen LogP contribution in [0, 0.1) is 5.41 Å². The Bertz CT molecular complexity index is 593. The minimum atomic E-state index is 0.333. The summed E-state index contributed by atoms with van der Waals surface area (Å²) in [4.78, 5) is 2.37. The van der Waals surface area contributed by atoms with Crippen molar-refractivity contribution in [2.24, 2.45) is 5.41 Å². The quantitative estimate of drug-likeness (QED) is 0.716. The van der Waals surface area contributed by atoms with Crippen molar-refractivity contribution in [3.63, 3.8) is 0 Å². The highest BCUT2D eigenvalue weighted by molar-refractivity contribution is 5.31. The maximum absolute atomic E-state index is 5.80. The Balaban J connectivity index is 1.74. The molecule has 0 amide bonds. The predicted molar refractivity (Wildman–Crippen MR) is 108 cm³/mol. The second-order valence-electron chi connectivity index (χ2n) is 8.65. The summed E-state index contributed by atoms with van der Waals surface area (Å²) < 4.78 is 13.8. The van der Waals surface area contributed by atoms with Crippen LogP contribution in [-0.2, 0) is 29.2 Å². The molecule has 0 atom stereocenters. The largest absolute Gasteiger partial charge is 0.381 e. The standard InChI is InChI=1S/C21H38N4O2/c1-5-26-16-21(2)8-6-17(7-9-21)20-18(14-24(4)11-10-22-3)23-25-12-13-27-15-19(20)25/h17,22H,5-16H2,1-4H3/t17-,21+. The first-order valence-electron chi connectivity index (χ1n) is 10.6. The predicted octanol–water partition coefficient (Wildman–Crippen LogP) is 2.76. The average molecular weight is 379 g/mol. The van der Waals surface area contributed by atoms with Crippen LogP contribution in [-0.4, -0.2) is 61.7 Å². The van der Waals surface area contributed by atoms with Crippen molar-refractivity contribution in [2.75, 3.05) is 47.0 Å². The van der Waals surface area contributed by atoms with Gasteiger partial charge in [0.1, 0.15) is 0 Å². The molecule has 0 saturated heterocycles. The molecule has 2 heterocycles. The number of rotatable bonds is 9. The lowest BCUT2D eigenvalue weighted by Crippen LogP contribution is -2.30. The summed E-state index contributed by atoms with van der Waals surface area (Å²) in [6.45, 7) is 11.5. The SMILES string of the molecule is CCOC[C@]1(C)CC[C@H](c2c(CN(C)CCNC)nn3c2COCC3)CC1. The first-order valence-corrected chi connectivity index (χ1v) is 10.6. The molecule has 1 aliphatic carbocycles. The smallest absolute Gasteiger partial charge is 0.0888 e. The molecule has 0 radical (unpaired) electrons. The Labute approximate surface area is 164 Å². The number of hydrogen-bond donors (Lipinski definition) is 1. The van der Waals surface area contributed by atoms with Crippen molar-refractivity contribution < 1.29 is 9.47 Å². The molecule has 1 saturated carbocycles. The van der Waals surface area contributed by atoms with Gasteiger partial charge < -0.3 is 14.8 Å². The molecule has 3 rings (SSSR count). The Kier molecular flexibility index (Phi) is 7.31. The Hall–Kier alpha value is -0.950. The van der Waals surface area contributed by atoms with Crippen molar-refractivity contribution >= 4 is 0 Å². The number of nitrogens with zero attached hydrogens (tertiary/aromatic N) is 3. The van der Waals surface area contributed by atoms with Gasteiger partial charge in [0.25, 0.3) is 0 Å². The molecule has 6 nitrogen and oxygen atoms in total. The first kappa shape index (κ1) is 20.8. The van der Waals surface area contributed by atoms with Gasteiger partial charge in [0.2, 0.25) is 0 Å². The molecule has 1 aromatic rings. The molecule has 1 aromatic heterocycles. The highest BCUT2D eigenvalue weighted by Gasteiger charge is 2.35. The van der Waals surface area contributed by atoms with E-state index < -0.39 is 0 Å². The van der Waals surface area contributed by atoms with E-state index in [0.717, 1.165) is 52.6 Å². The van der Waals surface area contributed by atoms with E-state index in [1.807, 2.05) is 7.05 Å². The zero-order valence-corrected chi connectivity index (χ0v) is 17.7. The molecule has 154 valence electrons. The fraction of sp³-hybridized carbons (Fsp3) is 0.857. The summed E-state index contributed by atoms with van der Waals surface area (Å²) in [5.41, 5.74) is 4.42. The van der Waals surface area contributed by atoms with Gasteiger partial charge in [-0.15, -0.1) is 0 Å². The molecule has 0 spiro atoms. The van der Waals surface area contributed by atoms with Gasteiger partial charge >= 0.3 is 0 Å². The highest BCUT2D eigenvalue weighted by atomic mass is 16.5. The van der Waals surface area contributed by atoms with E-state index in [1.54, 1.807) is 0 Å². The monoisotopic (exact) mass is 378 g/mol. The second-order valence-corrected chi connectivity index (χ2v) is 8.65. The van der Waals surface area contributed by atoms with Crippen LogP contribution in [0.1, 0.15) is 62.4 Å². The van der Waals surface area contributed by atoms with E-state index in [4.69, 9.17) is 14.6 Å². The molecule has 1 N–H and O–H groups in total. The van der Waals surface area contributed by atoms with Crippen LogP contribution in [0.25, 0.3) is 0 Å². The molecule has 6 heteroatoms. The zero-order chi connectivity index (χ0) is 19.3. The fourth-order valence-electron chi connectivity index (χ4n) is 4.54. The number of ether oxygens (including phenoxy) is 2. The minimum Gasteiger partial charge on any atom is -0.381 e. The van der Waals surface area contributed by atoms with Crippen LogP contribution in [0.2, 0.25) is 0 Å². The summed E-state index contributed by atoms with van der Waals surface area (Å²) in [5, 5.41) is 8.25. The third-order valence-electron chi connectivity index (χ3n) is 6.28. The minimum absolute atomic E-state index is 0.333. The van der Waals surface area contributed by atoms with Crippen LogP contribution in [0.3, 0.4) is 0 Å². The van der Waals surface area contributed by atoms with Crippen molar-refractivity contribution in [3.8, 4) is 0 Å². The zero-order valence-electron chi connectivity index (χ0n) is 17.7. The van der Waals surface area contributed by atoms with E-state index in [2.05, 4.69) is 35.8 Å². The van der Waals surface area contributed by atoms with E-state index in [9.17, 15) is 0 Å². The van der Waals surface area contributed by atoms with Crippen LogP contribution in [0.4, 0.5) is 0 Å². The lowest BCUT2D eigenvalue weighted by Gasteiger charge is -2.37. The summed E-state index contributed by atoms with van der Waals surface area (Å²) >= 11 is 0. The summed E-state index contributed by atoms with van der Waals surface area (Å²) in [6.07, 6.45) is 4.93. The normalized spacial score (nSPS) is 25.7. The van der Waals surface area contributed by atoms with E-state index >= 15 is 0 Å². The third-order valence-corrected chi connectivity index (χ3v) is 6.28. The van der Waals surface area contributed by atoms with Gasteiger partial charge in [-0.05, 0) is 58.0 Å². The molecule has 2 aliphatic rings. The molecule has 0 bridgehead atoms. The molecule has 0 aromatic carbocycles. The number of likely N-dealkylation sites (N-methyl/N-ethyl adjacent to an activating group) is 2. The number of hydrogen-bond acceptors (Lipinski definition) is 5. The van der Waals surface area contributed by atoms with Gasteiger partial charge in [-0.2, -0.15) is 5.10 Å². The molecular formula is C21H38N4O2. The lowest BCUT2D eigenvalue weighted by atomic mass is 9.70. The van der Waals surface area contributed by atoms with Gasteiger partial charge in [0.05, 0.1) is 37.8 Å². The van der Waals surface area contributed by atoms with Crippen molar-refractivity contribution in [1.29, 1.82) is 0 Å². The van der Waals surface area contributed by atoms with Gasteiger partial charge in [-0.25, -0.2) is 0 Å². The Morgan fingerprint density at radius 2 is 2.15 bits per heavy atom. The second kappa shape index (κ2) is 9.50. The van der Waals surface area contributed by atoms with E-state index in [1.165, 1.54) is 42.6 Å². The fourth-order valence-corrected chi connectivity index (χ4v) is 4.54. The summed E-state index contributed by atoms with van der Waals surface area (Å²) in [6, 6.07) is 0. The van der Waals surface area contributed by atoms with E-state index in [0.29, 0.717) is 11.3 Å². The van der Waals surface area contributed by atoms with Gasteiger partial charge in [-0.3, -0.25) is 9.58 Å². The van der Waals surface area contributed by atoms with Crippen molar-refractivity contribution in [2.45, 2.75) is 65.1 Å². The van der Waals surface area contributed by atoms with Crippen LogP contribution in [0.15, 0.2) is 0 Å². The average Bonchev–Trinajstić information content (AvgIpc) is 3.03. The maximum Gasteiger partial charge on any atom is 0.0888 e. The number of aromatic nitrogens is 2. The topological polar surface area (TPSA) is 51.5 Å². The first-order chi connectivity index (χ1) is 13.1. The van der Waals surface area contributed by atoms with Crippen molar-refractivity contribution in [1.82, 2.24) is 20.0 Å². The van der Waals surface area contributed by atoms with Crippen LogP contribution in [0.5, 0.6) is 0 Å². The molecule has 0 unspecified atom stereocenters. The van der Waals surface area contributed by atoms with Gasteiger partial charge in [0.15, 0.2) is 0 Å². The highest BCUT2D eigenvalue weighted by Crippen LogP contribution is 2.45. The van der Waals surface area contributed by atoms with Gasteiger partial charge in [-0.1, -0.05) is 6.92 Å². The number of nitrogens with one attached hydrogen (secondary N) is 1. The molecular weight excluding hydrogens is 340 g/mol. The number of fused-ring (bicyclic) bond motifs is 1.